The van der Waals surface area contributed by atoms with Gasteiger partial charge in [0.2, 0.25) is 0 Å². The molecule has 1 aliphatic rings. The van der Waals surface area contributed by atoms with E-state index in [2.05, 4.69) is 10.3 Å². The van der Waals surface area contributed by atoms with Gasteiger partial charge in [0.1, 0.15) is 5.69 Å². The van der Waals surface area contributed by atoms with Gasteiger partial charge in [-0.3, -0.25) is 4.79 Å². The third-order valence-electron chi connectivity index (χ3n) is 3.25. The number of carbonyl (C=O) groups excluding carboxylic acids is 1. The molecule has 0 unspecified atom stereocenters. The van der Waals surface area contributed by atoms with Crippen LogP contribution in [0.4, 0.5) is 0 Å². The zero-order valence-electron chi connectivity index (χ0n) is 9.65. The molecule has 1 amide bonds. The Morgan fingerprint density at radius 1 is 1.24 bits per heavy atom. The molecule has 2 aromatic rings. The van der Waals surface area contributed by atoms with Gasteiger partial charge in [0.25, 0.3) is 5.91 Å². The van der Waals surface area contributed by atoms with Gasteiger partial charge in [-0.15, -0.1) is 0 Å². The Morgan fingerprint density at radius 3 is 2.76 bits per heavy atom. The summed E-state index contributed by atoms with van der Waals surface area (Å²) in [5.41, 5.74) is 1.73. The maximum atomic E-state index is 12.3. The van der Waals surface area contributed by atoms with Crippen molar-refractivity contribution in [3.63, 3.8) is 0 Å². The lowest BCUT2D eigenvalue weighted by molar-refractivity contribution is -0.661. The number of rotatable bonds is 1. The third-order valence-corrected chi connectivity index (χ3v) is 3.25. The molecule has 3 rings (SSSR count). The van der Waals surface area contributed by atoms with E-state index in [9.17, 15) is 4.79 Å². The van der Waals surface area contributed by atoms with Crippen molar-refractivity contribution in [2.24, 2.45) is 0 Å². The van der Waals surface area contributed by atoms with Crippen LogP contribution in [0.3, 0.4) is 0 Å². The van der Waals surface area contributed by atoms with Crippen molar-refractivity contribution >= 4 is 16.8 Å². The van der Waals surface area contributed by atoms with Crippen LogP contribution in [0.2, 0.25) is 0 Å². The van der Waals surface area contributed by atoms with Gasteiger partial charge in [-0.05, 0) is 12.1 Å². The van der Waals surface area contributed by atoms with Crippen LogP contribution >= 0.6 is 0 Å². The van der Waals surface area contributed by atoms with Gasteiger partial charge in [0, 0.05) is 10.9 Å². The summed E-state index contributed by atoms with van der Waals surface area (Å²) in [5, 5.41) is 3.34. The molecule has 2 heterocycles. The summed E-state index contributed by atoms with van der Waals surface area (Å²) in [4.78, 5) is 17.4. The molecular formula is C13H16N3O+. The Balaban J connectivity index is 1.89. The minimum absolute atomic E-state index is 0.120. The number of hydrogen-bond donors (Lipinski definition) is 2. The first-order chi connectivity index (χ1) is 8.34. The van der Waals surface area contributed by atoms with Gasteiger partial charge in [0.15, 0.2) is 0 Å². The number of amides is 1. The second kappa shape index (κ2) is 4.22. The molecule has 17 heavy (non-hydrogen) atoms. The Hall–Kier alpha value is -1.81. The van der Waals surface area contributed by atoms with Crippen LogP contribution in [0.25, 0.3) is 10.9 Å². The number of quaternary nitrogens is 1. The molecule has 4 nitrogen and oxygen atoms in total. The fraction of sp³-hybridized carbons (Fsp3) is 0.308. The predicted octanol–water partition coefficient (Wildman–Crippen LogP) is 0.187. The van der Waals surface area contributed by atoms with E-state index < -0.39 is 0 Å². The lowest BCUT2D eigenvalue weighted by Gasteiger charge is -2.24. The fourth-order valence-electron chi connectivity index (χ4n) is 2.31. The van der Waals surface area contributed by atoms with Gasteiger partial charge in [-0.25, -0.2) is 0 Å². The summed E-state index contributed by atoms with van der Waals surface area (Å²) >= 11 is 0. The molecule has 1 fully saturated rings. The average Bonchev–Trinajstić information content (AvgIpc) is 2.82. The van der Waals surface area contributed by atoms with Crippen molar-refractivity contribution in [1.29, 1.82) is 0 Å². The van der Waals surface area contributed by atoms with Crippen molar-refractivity contribution < 1.29 is 10.1 Å². The summed E-state index contributed by atoms with van der Waals surface area (Å²) < 4.78 is 0. The van der Waals surface area contributed by atoms with E-state index in [1.165, 1.54) is 0 Å². The first-order valence-corrected chi connectivity index (χ1v) is 6.03. The molecule has 0 atom stereocenters. The summed E-state index contributed by atoms with van der Waals surface area (Å²) in [6, 6.07) is 9.92. The van der Waals surface area contributed by atoms with Crippen LogP contribution in [0.5, 0.6) is 0 Å². The molecule has 1 aromatic heterocycles. The summed E-state index contributed by atoms with van der Waals surface area (Å²) in [6.45, 7) is 3.69. The minimum atomic E-state index is 0.120. The van der Waals surface area contributed by atoms with Crippen molar-refractivity contribution in [3.05, 3.63) is 36.0 Å². The largest absolute Gasteiger partial charge is 0.351 e. The number of nitrogens with zero attached hydrogens (tertiary/aromatic N) is 1. The first kappa shape index (κ1) is 10.4. The fourth-order valence-corrected chi connectivity index (χ4v) is 2.31. The number of H-pyrrole nitrogens is 1. The maximum Gasteiger partial charge on any atom is 0.270 e. The van der Waals surface area contributed by atoms with Crippen LogP contribution in [-0.4, -0.2) is 42.0 Å². The average molecular weight is 230 g/mol. The number of nitrogens with one attached hydrogen (secondary N) is 1. The smallest absolute Gasteiger partial charge is 0.270 e. The minimum Gasteiger partial charge on any atom is -0.351 e. The molecule has 1 aliphatic heterocycles. The standard InChI is InChI=1S/C13H15N3O/c17-13(16-7-5-14-6-8-16)12-9-10-3-1-2-4-11(10)15-12/h1-4,9,14-15H,5-8H2/p+1. The normalized spacial score (nSPS) is 16.4. The zero-order valence-corrected chi connectivity index (χ0v) is 9.65. The van der Waals surface area contributed by atoms with Gasteiger partial charge in [-0.2, -0.15) is 0 Å². The van der Waals surface area contributed by atoms with E-state index in [0.29, 0.717) is 5.69 Å². The number of hydrogen-bond acceptors (Lipinski definition) is 1. The molecule has 4 heteroatoms. The molecular weight excluding hydrogens is 214 g/mol. The summed E-state index contributed by atoms with van der Waals surface area (Å²) in [7, 11) is 0. The molecule has 0 spiro atoms. The molecule has 0 saturated carbocycles. The molecule has 1 saturated heterocycles. The van der Waals surface area contributed by atoms with Crippen molar-refractivity contribution in [2.45, 2.75) is 0 Å². The lowest BCUT2D eigenvalue weighted by Crippen LogP contribution is -2.89. The predicted molar refractivity (Wildman–Crippen MR) is 65.9 cm³/mol. The van der Waals surface area contributed by atoms with E-state index >= 15 is 0 Å². The molecule has 0 radical (unpaired) electrons. The number of aromatic amines is 1. The third kappa shape index (κ3) is 1.91. The Labute approximate surface area is 99.6 Å². The molecule has 0 bridgehead atoms. The lowest BCUT2D eigenvalue weighted by atomic mass is 10.2. The summed E-state index contributed by atoms with van der Waals surface area (Å²) in [6.07, 6.45) is 0. The van der Waals surface area contributed by atoms with Gasteiger partial charge in [0.05, 0.1) is 26.2 Å². The van der Waals surface area contributed by atoms with Gasteiger partial charge in [-0.1, -0.05) is 18.2 Å². The van der Waals surface area contributed by atoms with E-state index in [1.54, 1.807) is 0 Å². The Bertz CT molecular complexity index is 507. The number of piperazine rings is 1. The van der Waals surface area contributed by atoms with E-state index in [4.69, 9.17) is 0 Å². The Morgan fingerprint density at radius 2 is 2.00 bits per heavy atom. The van der Waals surface area contributed by atoms with Crippen molar-refractivity contribution in [3.8, 4) is 0 Å². The highest BCUT2D eigenvalue weighted by Crippen LogP contribution is 2.15. The van der Waals surface area contributed by atoms with Crippen molar-refractivity contribution in [2.75, 3.05) is 26.2 Å². The second-order valence-corrected chi connectivity index (χ2v) is 4.43. The van der Waals surface area contributed by atoms with Crippen molar-refractivity contribution in [1.82, 2.24) is 9.88 Å². The Kier molecular flexibility index (Phi) is 2.57. The molecule has 0 aliphatic carbocycles. The quantitative estimate of drug-likeness (QED) is 0.722. The van der Waals surface area contributed by atoms with Crippen LogP contribution in [0, 0.1) is 0 Å². The van der Waals surface area contributed by atoms with Gasteiger partial charge < -0.3 is 15.2 Å². The SMILES string of the molecule is O=C(c1cc2ccccc2[nH]1)N1CC[NH2+]CC1. The number of aromatic nitrogens is 1. The monoisotopic (exact) mass is 230 g/mol. The number of carbonyl (C=O) groups is 1. The highest BCUT2D eigenvalue weighted by molar-refractivity contribution is 5.98. The van der Waals surface area contributed by atoms with Crippen LogP contribution < -0.4 is 5.32 Å². The highest BCUT2D eigenvalue weighted by atomic mass is 16.2. The van der Waals surface area contributed by atoms with E-state index in [1.807, 2.05) is 35.2 Å². The first-order valence-electron chi connectivity index (χ1n) is 6.03. The zero-order chi connectivity index (χ0) is 11.7. The van der Waals surface area contributed by atoms with Crippen LogP contribution in [-0.2, 0) is 0 Å². The number of fused-ring (bicyclic) bond motifs is 1. The number of para-hydroxylation sites is 1. The number of benzene rings is 1. The number of nitrogens with two attached hydrogens (primary N) is 1. The molecule has 1 aromatic carbocycles. The summed E-state index contributed by atoms with van der Waals surface area (Å²) in [5.74, 6) is 0.120. The second-order valence-electron chi connectivity index (χ2n) is 4.43. The van der Waals surface area contributed by atoms with E-state index in [-0.39, 0.29) is 5.91 Å². The van der Waals surface area contributed by atoms with E-state index in [0.717, 1.165) is 37.1 Å². The van der Waals surface area contributed by atoms with Crippen LogP contribution in [0.1, 0.15) is 10.5 Å². The maximum absolute atomic E-state index is 12.3. The van der Waals surface area contributed by atoms with Crippen LogP contribution in [0.15, 0.2) is 30.3 Å². The van der Waals surface area contributed by atoms with Gasteiger partial charge >= 0.3 is 0 Å². The topological polar surface area (TPSA) is 52.7 Å². The highest BCUT2D eigenvalue weighted by Gasteiger charge is 2.20. The molecule has 3 N–H and O–H groups in total. The molecule has 88 valence electrons.